The molecule has 1 atom stereocenters. The molecule has 2 amide bonds. The van der Waals surface area contributed by atoms with Crippen LogP contribution in [0.3, 0.4) is 0 Å². The Bertz CT molecular complexity index is 1170. The minimum absolute atomic E-state index is 0.379. The van der Waals surface area contributed by atoms with E-state index in [2.05, 4.69) is 20.7 Å². The number of nitrogens with one attached hydrogen (secondary N) is 2. The third kappa shape index (κ3) is 3.92. The number of halogens is 1. The molecule has 0 fully saturated rings. The standard InChI is InChI=1S/C22H20ClN5O2/c1-14-5-3-6-17(23)20(14)21(18-13-24-19-7-4-12-25-28(18)19)27-22(29)26-15-8-10-16(30-2)11-9-15/h3-13,21H,1-2H3,(H2,26,27,29). The predicted octanol–water partition coefficient (Wildman–Crippen LogP) is 4.61. The van der Waals surface area contributed by atoms with Crippen LogP contribution in [0.4, 0.5) is 10.5 Å². The van der Waals surface area contributed by atoms with Crippen molar-refractivity contribution >= 4 is 29.0 Å². The van der Waals surface area contributed by atoms with Crippen molar-refractivity contribution in [1.29, 1.82) is 0 Å². The van der Waals surface area contributed by atoms with Gasteiger partial charge in [0.1, 0.15) is 11.8 Å². The van der Waals surface area contributed by atoms with Crippen LogP contribution in [0.2, 0.25) is 5.02 Å². The topological polar surface area (TPSA) is 80.5 Å². The zero-order chi connectivity index (χ0) is 21.1. The van der Waals surface area contributed by atoms with E-state index in [0.717, 1.165) is 11.1 Å². The van der Waals surface area contributed by atoms with Gasteiger partial charge in [0.2, 0.25) is 0 Å². The molecular formula is C22H20ClN5O2. The normalized spacial score (nSPS) is 11.8. The van der Waals surface area contributed by atoms with Crippen molar-refractivity contribution in [1.82, 2.24) is 19.9 Å². The summed E-state index contributed by atoms with van der Waals surface area (Å²) in [5.74, 6) is 0.710. The van der Waals surface area contributed by atoms with Crippen molar-refractivity contribution in [2.24, 2.45) is 0 Å². The maximum atomic E-state index is 12.9. The van der Waals surface area contributed by atoms with Gasteiger partial charge >= 0.3 is 6.03 Å². The Morgan fingerprint density at radius 3 is 2.67 bits per heavy atom. The molecule has 2 aromatic carbocycles. The lowest BCUT2D eigenvalue weighted by Crippen LogP contribution is -2.34. The largest absolute Gasteiger partial charge is 0.497 e. The highest BCUT2D eigenvalue weighted by molar-refractivity contribution is 6.31. The Morgan fingerprint density at radius 1 is 1.13 bits per heavy atom. The zero-order valence-corrected chi connectivity index (χ0v) is 17.2. The Kier molecular flexibility index (Phi) is 5.54. The van der Waals surface area contributed by atoms with E-state index in [1.54, 1.807) is 54.4 Å². The summed E-state index contributed by atoms with van der Waals surface area (Å²) in [4.78, 5) is 17.3. The van der Waals surface area contributed by atoms with Gasteiger partial charge in [0.25, 0.3) is 0 Å². The van der Waals surface area contributed by atoms with Crippen molar-refractivity contribution in [3.63, 3.8) is 0 Å². The number of aromatic nitrogens is 3. The number of anilines is 1. The van der Waals surface area contributed by atoms with Gasteiger partial charge in [-0.1, -0.05) is 23.7 Å². The van der Waals surface area contributed by atoms with E-state index in [0.29, 0.717) is 27.8 Å². The molecule has 0 spiro atoms. The Labute approximate surface area is 178 Å². The number of hydrogen-bond donors (Lipinski definition) is 2. The number of rotatable bonds is 5. The fraction of sp³-hybridized carbons (Fsp3) is 0.136. The lowest BCUT2D eigenvalue weighted by atomic mass is 9.99. The van der Waals surface area contributed by atoms with E-state index < -0.39 is 6.04 Å². The summed E-state index contributed by atoms with van der Waals surface area (Å²) in [5.41, 5.74) is 3.75. The molecule has 0 saturated carbocycles. The van der Waals surface area contributed by atoms with Gasteiger partial charge < -0.3 is 15.4 Å². The van der Waals surface area contributed by atoms with Crippen molar-refractivity contribution in [2.45, 2.75) is 13.0 Å². The molecule has 152 valence electrons. The van der Waals surface area contributed by atoms with Crippen LogP contribution in [0.5, 0.6) is 5.75 Å². The molecule has 0 aliphatic rings. The van der Waals surface area contributed by atoms with Gasteiger partial charge in [0.05, 0.1) is 19.0 Å². The lowest BCUT2D eigenvalue weighted by molar-refractivity contribution is 0.250. The molecule has 4 aromatic rings. The first-order valence-electron chi connectivity index (χ1n) is 9.32. The number of methoxy groups -OCH3 is 1. The van der Waals surface area contributed by atoms with Crippen LogP contribution in [0.15, 0.2) is 67.0 Å². The third-order valence-corrected chi connectivity index (χ3v) is 5.11. The third-order valence-electron chi connectivity index (χ3n) is 4.78. The maximum Gasteiger partial charge on any atom is 0.320 e. The number of urea groups is 1. The van der Waals surface area contributed by atoms with Crippen molar-refractivity contribution < 1.29 is 9.53 Å². The first-order valence-corrected chi connectivity index (χ1v) is 9.70. The second-order valence-corrected chi connectivity index (χ2v) is 7.11. The first-order chi connectivity index (χ1) is 14.6. The Balaban J connectivity index is 1.69. The van der Waals surface area contributed by atoms with Gasteiger partial charge in [0.15, 0.2) is 5.65 Å². The van der Waals surface area contributed by atoms with Crippen molar-refractivity contribution in [3.8, 4) is 5.75 Å². The quantitative estimate of drug-likeness (QED) is 0.493. The van der Waals surface area contributed by atoms with Gasteiger partial charge in [-0.15, -0.1) is 0 Å². The van der Waals surface area contributed by atoms with E-state index in [-0.39, 0.29) is 6.03 Å². The highest BCUT2D eigenvalue weighted by Crippen LogP contribution is 2.31. The molecule has 30 heavy (non-hydrogen) atoms. The van der Waals surface area contributed by atoms with Gasteiger partial charge in [0, 0.05) is 22.5 Å². The maximum absolute atomic E-state index is 12.9. The molecule has 2 aromatic heterocycles. The number of fused-ring (bicyclic) bond motifs is 1. The average molecular weight is 422 g/mol. The van der Waals surface area contributed by atoms with Gasteiger partial charge in [-0.2, -0.15) is 5.10 Å². The Hall–Kier alpha value is -3.58. The molecule has 0 bridgehead atoms. The smallest absolute Gasteiger partial charge is 0.320 e. The number of aryl methyl sites for hydroxylation is 1. The number of imidazole rings is 1. The van der Waals surface area contributed by atoms with Crippen LogP contribution >= 0.6 is 11.6 Å². The molecule has 4 rings (SSSR count). The number of ether oxygens (including phenoxy) is 1. The number of hydrogen-bond acceptors (Lipinski definition) is 4. The van der Waals surface area contributed by atoms with Crippen molar-refractivity contribution in [2.75, 3.05) is 12.4 Å². The van der Waals surface area contributed by atoms with Gasteiger partial charge in [-0.05, 0) is 55.0 Å². The molecule has 8 heteroatoms. The van der Waals surface area contributed by atoms with Crippen LogP contribution in [0, 0.1) is 6.92 Å². The summed E-state index contributed by atoms with van der Waals surface area (Å²) in [6.07, 6.45) is 3.37. The Morgan fingerprint density at radius 2 is 1.93 bits per heavy atom. The number of amides is 2. The van der Waals surface area contributed by atoms with Gasteiger partial charge in [-0.25, -0.2) is 14.3 Å². The highest BCUT2D eigenvalue weighted by Gasteiger charge is 2.25. The number of carbonyl (C=O) groups is 1. The minimum atomic E-state index is -0.554. The molecular weight excluding hydrogens is 402 g/mol. The van der Waals surface area contributed by atoms with E-state index in [9.17, 15) is 4.79 Å². The predicted molar refractivity (Wildman–Crippen MR) is 116 cm³/mol. The van der Waals surface area contributed by atoms with E-state index in [4.69, 9.17) is 16.3 Å². The summed E-state index contributed by atoms with van der Waals surface area (Å²) in [7, 11) is 1.59. The fourth-order valence-electron chi connectivity index (χ4n) is 3.32. The summed E-state index contributed by atoms with van der Waals surface area (Å²) in [6.45, 7) is 1.95. The molecule has 0 aliphatic heterocycles. The average Bonchev–Trinajstić information content (AvgIpc) is 3.17. The number of carbonyl (C=O) groups excluding carboxylic acids is 1. The van der Waals surface area contributed by atoms with E-state index in [1.807, 2.05) is 31.2 Å². The minimum Gasteiger partial charge on any atom is -0.497 e. The SMILES string of the molecule is COc1ccc(NC(=O)NC(c2c(C)cccc2Cl)c2cnc3cccnn23)cc1. The number of nitrogens with zero attached hydrogens (tertiary/aromatic N) is 3. The molecule has 0 radical (unpaired) electrons. The van der Waals surface area contributed by atoms with Crippen LogP contribution in [-0.4, -0.2) is 27.7 Å². The van der Waals surface area contributed by atoms with Crippen LogP contribution in [0.1, 0.15) is 22.9 Å². The second-order valence-electron chi connectivity index (χ2n) is 6.71. The second kappa shape index (κ2) is 8.42. The van der Waals surface area contributed by atoms with E-state index in [1.165, 1.54) is 0 Å². The highest BCUT2D eigenvalue weighted by atomic mass is 35.5. The molecule has 1 unspecified atom stereocenters. The summed E-state index contributed by atoms with van der Waals surface area (Å²) in [5, 5.41) is 10.8. The molecule has 0 saturated heterocycles. The molecule has 0 aliphatic carbocycles. The fourth-order valence-corrected chi connectivity index (χ4v) is 3.65. The monoisotopic (exact) mass is 421 g/mol. The van der Waals surface area contributed by atoms with Crippen LogP contribution in [0.25, 0.3) is 5.65 Å². The summed E-state index contributed by atoms with van der Waals surface area (Å²) >= 11 is 6.53. The molecule has 2 N–H and O–H groups in total. The molecule has 2 heterocycles. The van der Waals surface area contributed by atoms with Crippen LogP contribution < -0.4 is 15.4 Å². The first kappa shape index (κ1) is 19.7. The van der Waals surface area contributed by atoms with Gasteiger partial charge in [-0.3, -0.25) is 0 Å². The lowest BCUT2D eigenvalue weighted by Gasteiger charge is -2.22. The summed E-state index contributed by atoms with van der Waals surface area (Å²) in [6, 6.07) is 15.5. The van der Waals surface area contributed by atoms with Crippen LogP contribution in [-0.2, 0) is 0 Å². The zero-order valence-electron chi connectivity index (χ0n) is 16.5. The number of benzene rings is 2. The molecule has 7 nitrogen and oxygen atoms in total. The summed E-state index contributed by atoms with van der Waals surface area (Å²) < 4.78 is 6.85. The van der Waals surface area contributed by atoms with E-state index >= 15 is 0 Å². The van der Waals surface area contributed by atoms with Crippen molar-refractivity contribution in [3.05, 3.63) is 88.8 Å².